The van der Waals surface area contributed by atoms with Crippen LogP contribution < -0.4 is 0 Å². The minimum atomic E-state index is -0.130. The standard InChI is InChI=1S/C28H46O/c1-18(2)8-9-19(3)21-11-12-22-20-10-13-24-26(4,5)25(29)15-17-28(24,7)23(20)14-16-27(21,22)6/h11-12,18-19,21-22,24-25,29H,8-10,13-17H2,1-7H3/t19-,21-,22-,24+,25+,27-,28-/m1/s1. The molecule has 0 aromatic rings. The van der Waals surface area contributed by atoms with E-state index in [-0.39, 0.29) is 11.5 Å². The highest BCUT2D eigenvalue weighted by molar-refractivity contribution is 5.39. The second-order valence-electron chi connectivity index (χ2n) is 12.7. The van der Waals surface area contributed by atoms with Crippen molar-refractivity contribution in [2.24, 2.45) is 45.8 Å². The van der Waals surface area contributed by atoms with Gasteiger partial charge in [-0.2, -0.15) is 0 Å². The van der Waals surface area contributed by atoms with E-state index in [0.29, 0.717) is 22.7 Å². The third-order valence-electron chi connectivity index (χ3n) is 10.3. The van der Waals surface area contributed by atoms with Gasteiger partial charge in [-0.15, -0.1) is 0 Å². The van der Waals surface area contributed by atoms with E-state index >= 15 is 0 Å². The molecule has 0 unspecified atom stereocenters. The first kappa shape index (κ1) is 21.7. The molecule has 4 aliphatic rings. The molecule has 0 bridgehead atoms. The summed E-state index contributed by atoms with van der Waals surface area (Å²) < 4.78 is 0. The zero-order valence-corrected chi connectivity index (χ0v) is 20.2. The fraction of sp³-hybridized carbons (Fsp3) is 0.857. The van der Waals surface area contributed by atoms with Gasteiger partial charge in [0.25, 0.3) is 0 Å². The zero-order valence-electron chi connectivity index (χ0n) is 20.2. The van der Waals surface area contributed by atoms with Crippen LogP contribution in [0.4, 0.5) is 0 Å². The van der Waals surface area contributed by atoms with E-state index in [4.69, 9.17) is 0 Å². The first-order chi connectivity index (χ1) is 13.5. The summed E-state index contributed by atoms with van der Waals surface area (Å²) in [6, 6.07) is 0. The topological polar surface area (TPSA) is 20.2 Å². The van der Waals surface area contributed by atoms with Gasteiger partial charge < -0.3 is 5.11 Å². The van der Waals surface area contributed by atoms with Crippen molar-refractivity contribution in [2.45, 2.75) is 106 Å². The van der Waals surface area contributed by atoms with Gasteiger partial charge >= 0.3 is 0 Å². The summed E-state index contributed by atoms with van der Waals surface area (Å²) in [6.45, 7) is 17.1. The Balaban J connectivity index is 1.62. The Morgan fingerprint density at radius 2 is 1.69 bits per heavy atom. The number of allylic oxidation sites excluding steroid dienone is 4. The van der Waals surface area contributed by atoms with Crippen molar-refractivity contribution >= 4 is 0 Å². The van der Waals surface area contributed by atoms with E-state index in [9.17, 15) is 5.11 Å². The molecule has 0 radical (unpaired) electrons. The molecule has 0 spiro atoms. The lowest BCUT2D eigenvalue weighted by atomic mass is 9.45. The molecule has 4 aliphatic carbocycles. The number of hydrogen-bond donors (Lipinski definition) is 1. The second kappa shape index (κ2) is 7.25. The molecule has 1 fully saturated rings. The van der Waals surface area contributed by atoms with Crippen molar-refractivity contribution in [1.29, 1.82) is 0 Å². The van der Waals surface area contributed by atoms with E-state index in [2.05, 4.69) is 60.6 Å². The van der Waals surface area contributed by atoms with Crippen LogP contribution in [0.15, 0.2) is 23.3 Å². The fourth-order valence-corrected chi connectivity index (χ4v) is 8.42. The van der Waals surface area contributed by atoms with Crippen molar-refractivity contribution < 1.29 is 5.11 Å². The molecule has 0 amide bonds. The molecule has 29 heavy (non-hydrogen) atoms. The van der Waals surface area contributed by atoms with Crippen molar-refractivity contribution in [2.75, 3.05) is 0 Å². The normalized spacial score (nSPS) is 44.4. The Morgan fingerprint density at radius 3 is 2.38 bits per heavy atom. The SMILES string of the molecule is CC(C)CC[C@@H](C)[C@H]1C=C[C@@H]2C3=C(CC[C@@]21C)[C@@]1(C)CC[C@H](O)C(C)(C)[C@@H]1CC3. The Bertz CT molecular complexity index is 697. The predicted molar refractivity (Wildman–Crippen MR) is 124 cm³/mol. The van der Waals surface area contributed by atoms with Crippen LogP contribution in [-0.4, -0.2) is 11.2 Å². The minimum Gasteiger partial charge on any atom is -0.393 e. The molecule has 7 atom stereocenters. The van der Waals surface area contributed by atoms with Crippen molar-refractivity contribution in [3.05, 3.63) is 23.3 Å². The lowest BCUT2D eigenvalue weighted by Crippen LogP contribution is -2.53. The number of aliphatic hydroxyl groups is 1. The van der Waals surface area contributed by atoms with Crippen LogP contribution in [0, 0.1) is 45.8 Å². The highest BCUT2D eigenvalue weighted by Crippen LogP contribution is 2.66. The Kier molecular flexibility index (Phi) is 5.42. The van der Waals surface area contributed by atoms with Gasteiger partial charge in [-0.25, -0.2) is 0 Å². The third kappa shape index (κ3) is 3.20. The minimum absolute atomic E-state index is 0.0473. The molecular formula is C28H46O. The maximum Gasteiger partial charge on any atom is 0.0594 e. The van der Waals surface area contributed by atoms with E-state index < -0.39 is 0 Å². The highest BCUT2D eigenvalue weighted by atomic mass is 16.3. The van der Waals surface area contributed by atoms with Crippen LogP contribution in [0.5, 0.6) is 0 Å². The van der Waals surface area contributed by atoms with Gasteiger partial charge in [0.05, 0.1) is 6.10 Å². The van der Waals surface area contributed by atoms with Gasteiger partial charge in [0, 0.05) is 5.92 Å². The average Bonchev–Trinajstić information content (AvgIpc) is 3.00. The summed E-state index contributed by atoms with van der Waals surface area (Å²) in [7, 11) is 0. The van der Waals surface area contributed by atoms with Crippen LogP contribution >= 0.6 is 0 Å². The average molecular weight is 399 g/mol. The molecule has 0 aliphatic heterocycles. The summed E-state index contributed by atoms with van der Waals surface area (Å²) in [4.78, 5) is 0. The van der Waals surface area contributed by atoms with Gasteiger partial charge in [-0.3, -0.25) is 0 Å². The molecule has 0 heterocycles. The molecule has 4 rings (SSSR count). The highest BCUT2D eigenvalue weighted by Gasteiger charge is 2.58. The summed E-state index contributed by atoms with van der Waals surface area (Å²) in [6.07, 6.45) is 15.2. The van der Waals surface area contributed by atoms with E-state index in [1.165, 1.54) is 44.9 Å². The van der Waals surface area contributed by atoms with Gasteiger partial charge in [0.2, 0.25) is 0 Å². The van der Waals surface area contributed by atoms with Crippen LogP contribution in [0.1, 0.15) is 99.8 Å². The van der Waals surface area contributed by atoms with Crippen molar-refractivity contribution in [1.82, 2.24) is 0 Å². The summed E-state index contributed by atoms with van der Waals surface area (Å²) in [5, 5.41) is 10.7. The van der Waals surface area contributed by atoms with Gasteiger partial charge in [0.1, 0.15) is 0 Å². The van der Waals surface area contributed by atoms with Crippen LogP contribution in [0.2, 0.25) is 0 Å². The lowest BCUT2D eigenvalue weighted by Gasteiger charge is -2.60. The molecule has 1 N–H and O–H groups in total. The Hall–Kier alpha value is -0.560. The molecule has 0 aromatic carbocycles. The lowest BCUT2D eigenvalue weighted by molar-refractivity contribution is -0.0927. The van der Waals surface area contributed by atoms with Crippen molar-refractivity contribution in [3.63, 3.8) is 0 Å². The molecule has 0 aromatic heterocycles. The fourth-order valence-electron chi connectivity index (χ4n) is 8.42. The predicted octanol–water partition coefficient (Wildman–Crippen LogP) is 7.55. The first-order valence-electron chi connectivity index (χ1n) is 12.6. The molecular weight excluding hydrogens is 352 g/mol. The third-order valence-corrected chi connectivity index (χ3v) is 10.3. The largest absolute Gasteiger partial charge is 0.393 e. The van der Waals surface area contributed by atoms with Gasteiger partial charge in [-0.1, -0.05) is 78.2 Å². The first-order valence-corrected chi connectivity index (χ1v) is 12.6. The Morgan fingerprint density at radius 1 is 0.966 bits per heavy atom. The summed E-state index contributed by atoms with van der Waals surface area (Å²) in [5.41, 5.74) is 4.43. The van der Waals surface area contributed by atoms with Crippen LogP contribution in [0.25, 0.3) is 0 Å². The van der Waals surface area contributed by atoms with E-state index in [1.807, 2.05) is 11.1 Å². The molecule has 1 nitrogen and oxygen atoms in total. The van der Waals surface area contributed by atoms with E-state index in [1.54, 1.807) is 0 Å². The monoisotopic (exact) mass is 398 g/mol. The van der Waals surface area contributed by atoms with E-state index in [0.717, 1.165) is 24.2 Å². The number of fused-ring (bicyclic) bond motifs is 4. The molecule has 164 valence electrons. The number of rotatable bonds is 4. The second-order valence-corrected chi connectivity index (χ2v) is 12.7. The maximum absolute atomic E-state index is 10.7. The zero-order chi connectivity index (χ0) is 21.2. The smallest absolute Gasteiger partial charge is 0.0594 e. The Labute approximate surface area is 180 Å². The molecule has 1 saturated carbocycles. The quantitative estimate of drug-likeness (QED) is 0.484. The van der Waals surface area contributed by atoms with Crippen molar-refractivity contribution in [3.8, 4) is 0 Å². The van der Waals surface area contributed by atoms with Crippen LogP contribution in [-0.2, 0) is 0 Å². The van der Waals surface area contributed by atoms with Gasteiger partial charge in [0.15, 0.2) is 0 Å². The number of aliphatic hydroxyl groups excluding tert-OH is 1. The number of hydrogen-bond acceptors (Lipinski definition) is 1. The molecule has 1 heteroatoms. The molecule has 0 saturated heterocycles. The van der Waals surface area contributed by atoms with Crippen LogP contribution in [0.3, 0.4) is 0 Å². The summed E-state index contributed by atoms with van der Waals surface area (Å²) in [5.74, 6) is 3.66. The maximum atomic E-state index is 10.7. The summed E-state index contributed by atoms with van der Waals surface area (Å²) >= 11 is 0. The van der Waals surface area contributed by atoms with Gasteiger partial charge in [-0.05, 0) is 84.9 Å².